The summed E-state index contributed by atoms with van der Waals surface area (Å²) >= 11 is 5.95. The van der Waals surface area contributed by atoms with Gasteiger partial charge >= 0.3 is 0 Å². The largest absolute Gasteiger partial charge is 0.361 e. The van der Waals surface area contributed by atoms with E-state index in [0.717, 1.165) is 11.3 Å². The van der Waals surface area contributed by atoms with Crippen molar-refractivity contribution in [2.24, 2.45) is 0 Å². The van der Waals surface area contributed by atoms with E-state index in [1.54, 1.807) is 48.7 Å². The van der Waals surface area contributed by atoms with E-state index >= 15 is 0 Å². The van der Waals surface area contributed by atoms with Crippen LogP contribution in [0.15, 0.2) is 79.0 Å². The number of nitrogens with one attached hydrogen (secondary N) is 1. The molecule has 3 aromatic carbocycles. The number of halogens is 1. The average molecular weight is 389 g/mol. The Bertz CT molecular complexity index is 1090. The van der Waals surface area contributed by atoms with Gasteiger partial charge in [-0.3, -0.25) is 9.59 Å². The Balaban J connectivity index is 1.78. The number of rotatable bonds is 3. The number of anilines is 2. The molecular weight excluding hydrogens is 372 g/mol. The first-order chi connectivity index (χ1) is 13.5. The normalized spacial score (nSPS) is 14.9. The molecule has 4 rings (SSSR count). The number of nitrogens with zero attached hydrogens (tertiary/aromatic N) is 1. The molecular formula is C23H17ClN2O2. The van der Waals surface area contributed by atoms with Gasteiger partial charge in [0.1, 0.15) is 0 Å². The molecule has 0 radical (unpaired) electrons. The van der Waals surface area contributed by atoms with E-state index in [1.165, 1.54) is 4.90 Å². The lowest BCUT2D eigenvalue weighted by Gasteiger charge is -2.28. The highest BCUT2D eigenvalue weighted by atomic mass is 35.5. The lowest BCUT2D eigenvalue weighted by molar-refractivity contribution is -0.112. The molecule has 0 bridgehead atoms. The van der Waals surface area contributed by atoms with Crippen LogP contribution < -0.4 is 10.2 Å². The summed E-state index contributed by atoms with van der Waals surface area (Å²) in [5.74, 6) is -0.735. The standard InChI is InChI=1S/C23H17ClN2O2/c1-15-6-10-17(11-7-15)25-14-21-19-4-2-3-5-20(19)22(27)26(23(21)28)18-12-8-16(24)9-13-18/h2-14,25H,1H3. The monoisotopic (exact) mass is 388 g/mol. The van der Waals surface area contributed by atoms with E-state index in [-0.39, 0.29) is 11.8 Å². The number of carbonyl (C=O) groups excluding carboxylic acids is 2. The number of fused-ring (bicyclic) bond motifs is 1. The Morgan fingerprint density at radius 1 is 0.821 bits per heavy atom. The second-order valence-electron chi connectivity index (χ2n) is 6.54. The minimum Gasteiger partial charge on any atom is -0.361 e. The number of hydrogen-bond acceptors (Lipinski definition) is 3. The van der Waals surface area contributed by atoms with Crippen LogP contribution in [-0.4, -0.2) is 11.8 Å². The Kier molecular flexibility index (Phi) is 4.72. The molecule has 28 heavy (non-hydrogen) atoms. The van der Waals surface area contributed by atoms with Crippen molar-refractivity contribution in [2.75, 3.05) is 10.2 Å². The molecule has 138 valence electrons. The third-order valence-electron chi connectivity index (χ3n) is 4.60. The number of imide groups is 1. The Morgan fingerprint density at radius 3 is 2.14 bits per heavy atom. The zero-order valence-corrected chi connectivity index (χ0v) is 15.9. The Morgan fingerprint density at radius 2 is 1.46 bits per heavy atom. The Labute approximate surface area is 168 Å². The van der Waals surface area contributed by atoms with Crippen LogP contribution in [0.25, 0.3) is 5.57 Å². The molecule has 0 saturated carbocycles. The number of benzene rings is 3. The van der Waals surface area contributed by atoms with Crippen molar-refractivity contribution in [3.8, 4) is 0 Å². The molecule has 0 fully saturated rings. The molecule has 1 aliphatic rings. The smallest absolute Gasteiger partial charge is 0.267 e. The third kappa shape index (κ3) is 3.30. The second-order valence-corrected chi connectivity index (χ2v) is 6.97. The van der Waals surface area contributed by atoms with Gasteiger partial charge in [-0.2, -0.15) is 0 Å². The van der Waals surface area contributed by atoms with Gasteiger partial charge in [-0.1, -0.05) is 47.5 Å². The molecule has 4 nitrogen and oxygen atoms in total. The van der Waals surface area contributed by atoms with E-state index in [0.29, 0.717) is 27.4 Å². The van der Waals surface area contributed by atoms with Gasteiger partial charge in [0.25, 0.3) is 11.8 Å². The molecule has 3 aromatic rings. The molecule has 0 spiro atoms. The fourth-order valence-electron chi connectivity index (χ4n) is 3.12. The number of carbonyl (C=O) groups is 2. The van der Waals surface area contributed by atoms with Crippen LogP contribution >= 0.6 is 11.6 Å². The molecule has 0 saturated heterocycles. The maximum atomic E-state index is 13.2. The Hall–Kier alpha value is -3.37. The first-order valence-corrected chi connectivity index (χ1v) is 9.19. The molecule has 0 aliphatic carbocycles. The molecule has 1 aliphatic heterocycles. The van der Waals surface area contributed by atoms with Gasteiger partial charge in [-0.15, -0.1) is 0 Å². The molecule has 0 unspecified atom stereocenters. The van der Waals surface area contributed by atoms with E-state index in [9.17, 15) is 9.59 Å². The SMILES string of the molecule is Cc1ccc(NC=C2C(=O)N(c3ccc(Cl)cc3)C(=O)c3ccccc32)cc1. The van der Waals surface area contributed by atoms with Gasteiger partial charge < -0.3 is 5.32 Å². The zero-order valence-electron chi connectivity index (χ0n) is 15.1. The zero-order chi connectivity index (χ0) is 19.7. The van der Waals surface area contributed by atoms with Gasteiger partial charge in [-0.25, -0.2) is 4.90 Å². The van der Waals surface area contributed by atoms with E-state index in [1.807, 2.05) is 37.3 Å². The summed E-state index contributed by atoms with van der Waals surface area (Å²) in [7, 11) is 0. The van der Waals surface area contributed by atoms with Crippen LogP contribution in [-0.2, 0) is 4.79 Å². The molecule has 1 heterocycles. The quantitative estimate of drug-likeness (QED) is 0.490. The summed E-state index contributed by atoms with van der Waals surface area (Å²) in [6.07, 6.45) is 1.65. The van der Waals surface area contributed by atoms with Crippen molar-refractivity contribution in [2.45, 2.75) is 6.92 Å². The minimum atomic E-state index is -0.384. The van der Waals surface area contributed by atoms with E-state index in [2.05, 4.69) is 5.32 Å². The van der Waals surface area contributed by atoms with Crippen LogP contribution in [0.1, 0.15) is 21.5 Å². The second kappa shape index (κ2) is 7.33. The summed E-state index contributed by atoms with van der Waals surface area (Å²) in [5, 5.41) is 3.71. The van der Waals surface area contributed by atoms with Crippen LogP contribution in [0.2, 0.25) is 5.02 Å². The third-order valence-corrected chi connectivity index (χ3v) is 4.86. The molecule has 0 atom stereocenters. The van der Waals surface area contributed by atoms with Gasteiger partial charge in [0.05, 0.1) is 11.3 Å². The van der Waals surface area contributed by atoms with Crippen molar-refractivity contribution in [3.63, 3.8) is 0 Å². The molecule has 2 amide bonds. The summed E-state index contributed by atoms with van der Waals surface area (Å²) < 4.78 is 0. The number of hydrogen-bond donors (Lipinski definition) is 1. The van der Waals surface area contributed by atoms with Gasteiger partial charge in [0, 0.05) is 28.0 Å². The molecule has 5 heteroatoms. The van der Waals surface area contributed by atoms with Crippen LogP contribution in [0.5, 0.6) is 0 Å². The van der Waals surface area contributed by atoms with Crippen molar-refractivity contribution in [1.29, 1.82) is 0 Å². The van der Waals surface area contributed by atoms with Gasteiger partial charge in [0.2, 0.25) is 0 Å². The topological polar surface area (TPSA) is 49.4 Å². The average Bonchev–Trinajstić information content (AvgIpc) is 2.71. The first kappa shape index (κ1) is 18.0. The van der Waals surface area contributed by atoms with Crippen molar-refractivity contribution >= 4 is 40.4 Å². The maximum absolute atomic E-state index is 13.2. The summed E-state index contributed by atoms with van der Waals surface area (Å²) in [6, 6.07) is 21.6. The fourth-order valence-corrected chi connectivity index (χ4v) is 3.25. The van der Waals surface area contributed by atoms with Crippen LogP contribution in [0.3, 0.4) is 0 Å². The lowest BCUT2D eigenvalue weighted by Crippen LogP contribution is -2.42. The van der Waals surface area contributed by atoms with Gasteiger partial charge in [0.15, 0.2) is 0 Å². The number of aryl methyl sites for hydroxylation is 1. The molecule has 0 aromatic heterocycles. The van der Waals surface area contributed by atoms with Crippen molar-refractivity contribution in [1.82, 2.24) is 0 Å². The first-order valence-electron chi connectivity index (χ1n) is 8.82. The minimum absolute atomic E-state index is 0.351. The maximum Gasteiger partial charge on any atom is 0.267 e. The lowest BCUT2D eigenvalue weighted by atomic mass is 9.93. The highest BCUT2D eigenvalue weighted by Gasteiger charge is 2.35. The molecule has 1 N–H and O–H groups in total. The van der Waals surface area contributed by atoms with Gasteiger partial charge in [-0.05, 0) is 49.4 Å². The van der Waals surface area contributed by atoms with Crippen molar-refractivity contribution in [3.05, 3.63) is 101 Å². The highest BCUT2D eigenvalue weighted by molar-refractivity contribution is 6.41. The number of amides is 2. The van der Waals surface area contributed by atoms with E-state index < -0.39 is 0 Å². The van der Waals surface area contributed by atoms with Crippen LogP contribution in [0, 0.1) is 6.92 Å². The van der Waals surface area contributed by atoms with Crippen LogP contribution in [0.4, 0.5) is 11.4 Å². The summed E-state index contributed by atoms with van der Waals surface area (Å²) in [5.41, 5.74) is 4.01. The summed E-state index contributed by atoms with van der Waals surface area (Å²) in [6.45, 7) is 2.01. The predicted molar refractivity (Wildman–Crippen MR) is 112 cm³/mol. The summed E-state index contributed by atoms with van der Waals surface area (Å²) in [4.78, 5) is 27.4. The fraction of sp³-hybridized carbons (Fsp3) is 0.0435. The van der Waals surface area contributed by atoms with Crippen molar-refractivity contribution < 1.29 is 9.59 Å². The van der Waals surface area contributed by atoms with E-state index in [4.69, 9.17) is 11.6 Å². The predicted octanol–water partition coefficient (Wildman–Crippen LogP) is 5.29. The highest BCUT2D eigenvalue weighted by Crippen LogP contribution is 2.32.